The van der Waals surface area contributed by atoms with Gasteiger partial charge in [-0.3, -0.25) is 9.59 Å². The number of hydrogen-bond donors (Lipinski definition) is 0. The number of thioether (sulfide) groups is 1. The Morgan fingerprint density at radius 2 is 2.00 bits per heavy atom. The minimum Gasteiger partial charge on any atom is -0.496 e. The number of methoxy groups -OCH3 is 1. The topological polar surface area (TPSA) is 46.6 Å². The largest absolute Gasteiger partial charge is 0.496 e. The van der Waals surface area contributed by atoms with E-state index in [1.54, 1.807) is 12.0 Å². The average molecular weight is 279 g/mol. The summed E-state index contributed by atoms with van der Waals surface area (Å²) in [4.78, 5) is 25.9. The van der Waals surface area contributed by atoms with Crippen molar-refractivity contribution in [3.8, 4) is 5.75 Å². The van der Waals surface area contributed by atoms with Crippen molar-refractivity contribution < 1.29 is 14.3 Å². The van der Waals surface area contributed by atoms with Gasteiger partial charge in [-0.25, -0.2) is 0 Å². The third-order valence-corrected chi connectivity index (χ3v) is 4.13. The normalized spacial score (nSPS) is 15.4. The highest BCUT2D eigenvalue weighted by atomic mass is 32.2. The van der Waals surface area contributed by atoms with Gasteiger partial charge in [0, 0.05) is 30.8 Å². The number of carbonyl (C=O) groups is 2. The summed E-state index contributed by atoms with van der Waals surface area (Å²) in [5.74, 6) is 1.51. The van der Waals surface area contributed by atoms with E-state index >= 15 is 0 Å². The zero-order valence-corrected chi connectivity index (χ0v) is 11.7. The van der Waals surface area contributed by atoms with Gasteiger partial charge < -0.3 is 9.64 Å². The third-order valence-electron chi connectivity index (χ3n) is 3.09. The summed E-state index contributed by atoms with van der Waals surface area (Å²) in [7, 11) is 1.62. The number of nitrogens with zero attached hydrogens (tertiary/aromatic N) is 1. The van der Waals surface area contributed by atoms with Gasteiger partial charge in [0.05, 0.1) is 12.9 Å². The van der Waals surface area contributed by atoms with Gasteiger partial charge in [-0.15, -0.1) is 11.8 Å². The van der Waals surface area contributed by atoms with Crippen LogP contribution in [0.5, 0.6) is 5.75 Å². The van der Waals surface area contributed by atoms with Crippen LogP contribution in [0, 0.1) is 0 Å². The number of Topliss-reactive ketones (excluding diaryl/α,β-unsaturated/α-hetero) is 1. The van der Waals surface area contributed by atoms with Crippen molar-refractivity contribution >= 4 is 23.5 Å². The molecule has 0 radical (unpaired) electrons. The van der Waals surface area contributed by atoms with Gasteiger partial charge in [0.1, 0.15) is 11.5 Å². The zero-order valence-electron chi connectivity index (χ0n) is 10.9. The van der Waals surface area contributed by atoms with Crippen LogP contribution in [0.15, 0.2) is 29.2 Å². The average Bonchev–Trinajstić information content (AvgIpc) is 2.45. The van der Waals surface area contributed by atoms with Crippen molar-refractivity contribution in [1.29, 1.82) is 0 Å². The summed E-state index contributed by atoms with van der Waals surface area (Å²) >= 11 is 1.47. The van der Waals surface area contributed by atoms with E-state index < -0.39 is 0 Å². The highest BCUT2D eigenvalue weighted by Gasteiger charge is 2.20. The standard InChI is InChI=1S/C14H17NO3S/c1-18-12-4-2-3-5-13(12)19-10-14(17)15-8-6-11(16)7-9-15/h2-5H,6-10H2,1H3. The monoisotopic (exact) mass is 279 g/mol. The molecule has 1 aliphatic heterocycles. The van der Waals surface area contributed by atoms with Crippen LogP contribution in [0.2, 0.25) is 0 Å². The Bertz CT molecular complexity index is 466. The minimum atomic E-state index is 0.0865. The SMILES string of the molecule is COc1ccccc1SCC(=O)N1CCC(=O)CC1. The molecule has 1 saturated heterocycles. The second kappa shape index (κ2) is 6.61. The summed E-state index contributed by atoms with van der Waals surface area (Å²) in [6.07, 6.45) is 0.982. The smallest absolute Gasteiger partial charge is 0.232 e. The van der Waals surface area contributed by atoms with Crippen molar-refractivity contribution in [1.82, 2.24) is 4.90 Å². The fourth-order valence-electron chi connectivity index (χ4n) is 1.97. The molecule has 0 aromatic heterocycles. The molecular formula is C14H17NO3S. The molecule has 0 aliphatic carbocycles. The number of ketones is 1. The van der Waals surface area contributed by atoms with Gasteiger partial charge in [0.2, 0.25) is 5.91 Å². The van der Waals surface area contributed by atoms with E-state index in [-0.39, 0.29) is 11.7 Å². The maximum Gasteiger partial charge on any atom is 0.232 e. The molecule has 1 heterocycles. The third kappa shape index (κ3) is 3.73. The summed E-state index contributed by atoms with van der Waals surface area (Å²) < 4.78 is 5.25. The lowest BCUT2D eigenvalue weighted by atomic mass is 10.1. The predicted octanol–water partition coefficient (Wildman–Crippen LogP) is 1.98. The molecule has 1 aromatic carbocycles. The summed E-state index contributed by atoms with van der Waals surface area (Å²) in [5.41, 5.74) is 0. The first kappa shape index (κ1) is 13.9. The van der Waals surface area contributed by atoms with Gasteiger partial charge in [-0.2, -0.15) is 0 Å². The number of hydrogen-bond acceptors (Lipinski definition) is 4. The Morgan fingerprint density at radius 1 is 1.32 bits per heavy atom. The Labute approximate surface area is 117 Å². The second-order valence-electron chi connectivity index (χ2n) is 4.36. The molecule has 0 unspecified atom stereocenters. The van der Waals surface area contributed by atoms with Crippen LogP contribution < -0.4 is 4.74 Å². The molecule has 0 bridgehead atoms. The Morgan fingerprint density at radius 3 is 2.68 bits per heavy atom. The van der Waals surface area contributed by atoms with E-state index in [9.17, 15) is 9.59 Å². The first-order chi connectivity index (χ1) is 9.20. The summed E-state index contributed by atoms with van der Waals surface area (Å²) in [6.45, 7) is 1.12. The Kier molecular flexibility index (Phi) is 4.85. The molecule has 19 heavy (non-hydrogen) atoms. The van der Waals surface area contributed by atoms with Gasteiger partial charge in [0.15, 0.2) is 0 Å². The lowest BCUT2D eigenvalue weighted by Gasteiger charge is -2.25. The first-order valence-electron chi connectivity index (χ1n) is 6.26. The predicted molar refractivity (Wildman–Crippen MR) is 74.5 cm³/mol. The van der Waals surface area contributed by atoms with Gasteiger partial charge in [-0.1, -0.05) is 12.1 Å². The van der Waals surface area contributed by atoms with Crippen molar-refractivity contribution in [2.75, 3.05) is 26.0 Å². The highest BCUT2D eigenvalue weighted by Crippen LogP contribution is 2.28. The maximum absolute atomic E-state index is 12.0. The van der Waals surface area contributed by atoms with Crippen molar-refractivity contribution in [2.24, 2.45) is 0 Å². The molecule has 1 aromatic rings. The molecule has 102 valence electrons. The van der Waals surface area contributed by atoms with Crippen LogP contribution in [0.25, 0.3) is 0 Å². The zero-order chi connectivity index (χ0) is 13.7. The maximum atomic E-state index is 12.0. The van der Waals surface area contributed by atoms with E-state index in [1.165, 1.54) is 11.8 Å². The van der Waals surface area contributed by atoms with Gasteiger partial charge >= 0.3 is 0 Å². The number of piperidine rings is 1. The van der Waals surface area contributed by atoms with Crippen molar-refractivity contribution in [2.45, 2.75) is 17.7 Å². The van der Waals surface area contributed by atoms with Crippen LogP contribution in [0.3, 0.4) is 0 Å². The number of likely N-dealkylation sites (tertiary alicyclic amines) is 1. The van der Waals surface area contributed by atoms with E-state index in [1.807, 2.05) is 24.3 Å². The number of para-hydroxylation sites is 1. The molecule has 0 atom stereocenters. The van der Waals surface area contributed by atoms with Gasteiger partial charge in [-0.05, 0) is 12.1 Å². The molecule has 0 N–H and O–H groups in total. The van der Waals surface area contributed by atoms with Crippen molar-refractivity contribution in [3.63, 3.8) is 0 Å². The molecule has 0 spiro atoms. The fourth-order valence-corrected chi connectivity index (χ4v) is 2.90. The molecular weight excluding hydrogens is 262 g/mol. The van der Waals surface area contributed by atoms with E-state index in [0.717, 1.165) is 10.6 Å². The lowest BCUT2D eigenvalue weighted by Crippen LogP contribution is -2.39. The van der Waals surface area contributed by atoms with Crippen LogP contribution >= 0.6 is 11.8 Å². The van der Waals surface area contributed by atoms with Crippen LogP contribution in [0.4, 0.5) is 0 Å². The second-order valence-corrected chi connectivity index (χ2v) is 5.38. The van der Waals surface area contributed by atoms with Crippen LogP contribution in [0.1, 0.15) is 12.8 Å². The molecule has 2 rings (SSSR count). The fraction of sp³-hybridized carbons (Fsp3) is 0.429. The number of carbonyl (C=O) groups excluding carboxylic acids is 2. The number of amides is 1. The quantitative estimate of drug-likeness (QED) is 0.791. The first-order valence-corrected chi connectivity index (χ1v) is 7.24. The number of rotatable bonds is 4. The number of benzene rings is 1. The van der Waals surface area contributed by atoms with E-state index in [0.29, 0.717) is 31.7 Å². The lowest BCUT2D eigenvalue weighted by molar-refractivity contribution is -0.132. The molecule has 1 fully saturated rings. The van der Waals surface area contributed by atoms with Crippen LogP contribution in [-0.2, 0) is 9.59 Å². The van der Waals surface area contributed by atoms with Gasteiger partial charge in [0.25, 0.3) is 0 Å². The molecule has 1 amide bonds. The molecule has 5 heteroatoms. The van der Waals surface area contributed by atoms with Crippen molar-refractivity contribution in [3.05, 3.63) is 24.3 Å². The molecule has 4 nitrogen and oxygen atoms in total. The molecule has 0 saturated carbocycles. The van der Waals surface area contributed by atoms with E-state index in [2.05, 4.69) is 0 Å². The Hall–Kier alpha value is -1.49. The van der Waals surface area contributed by atoms with E-state index in [4.69, 9.17) is 4.74 Å². The Balaban J connectivity index is 1.88. The summed E-state index contributed by atoms with van der Waals surface area (Å²) in [5, 5.41) is 0. The van der Waals surface area contributed by atoms with Crippen LogP contribution in [-0.4, -0.2) is 42.5 Å². The molecule has 1 aliphatic rings. The summed E-state index contributed by atoms with van der Waals surface area (Å²) in [6, 6.07) is 7.65. The minimum absolute atomic E-state index is 0.0865. The highest BCUT2D eigenvalue weighted by molar-refractivity contribution is 8.00. The number of ether oxygens (including phenoxy) is 1.